The number of carbonyl (C=O) groups excluding carboxylic acids is 2. The van der Waals surface area contributed by atoms with Crippen molar-refractivity contribution >= 4 is 11.8 Å². The average molecular weight is 237 g/mol. The third-order valence-electron chi connectivity index (χ3n) is 2.97. The molecule has 92 valence electrons. The lowest BCUT2D eigenvalue weighted by molar-refractivity contribution is -0.144. The molecule has 7 heteroatoms. The number of piperazine rings is 1. The number of nitrogens with zero attached hydrogens (tertiary/aromatic N) is 4. The normalized spacial score (nSPS) is 22.1. The van der Waals surface area contributed by atoms with Crippen LogP contribution < -0.4 is 5.32 Å². The maximum atomic E-state index is 12.2. The van der Waals surface area contributed by atoms with Crippen LogP contribution in [0.1, 0.15) is 19.9 Å². The highest BCUT2D eigenvalue weighted by Crippen LogP contribution is 2.12. The average Bonchev–Trinajstić information content (AvgIpc) is 2.84. The molecule has 2 heterocycles. The summed E-state index contributed by atoms with van der Waals surface area (Å²) in [7, 11) is 0. The van der Waals surface area contributed by atoms with Crippen LogP contribution in [0.5, 0.6) is 0 Å². The number of aromatic nitrogens is 3. The molecule has 1 saturated heterocycles. The maximum absolute atomic E-state index is 12.2. The molecule has 1 aromatic rings. The Hall–Kier alpha value is -1.92. The van der Waals surface area contributed by atoms with Crippen molar-refractivity contribution < 1.29 is 9.59 Å². The second-order valence-electron chi connectivity index (χ2n) is 4.05. The summed E-state index contributed by atoms with van der Waals surface area (Å²) in [5.74, 6) is -0.228. The fraction of sp³-hybridized carbons (Fsp3) is 0.600. The highest BCUT2D eigenvalue weighted by Gasteiger charge is 2.32. The van der Waals surface area contributed by atoms with Crippen LogP contribution in [-0.2, 0) is 9.59 Å². The lowest BCUT2D eigenvalue weighted by atomic mass is 10.1. The number of carbonyl (C=O) groups is 2. The number of nitrogens with one attached hydrogen (secondary N) is 1. The standard InChI is InChI=1S/C10H15N5O2/c1-7-9(16)12-3-4-14(7)10(17)8(2)15-6-11-5-13-15/h5-8H,3-4H2,1-2H3,(H,12,16). The van der Waals surface area contributed by atoms with E-state index in [2.05, 4.69) is 15.4 Å². The van der Waals surface area contributed by atoms with E-state index in [0.29, 0.717) is 13.1 Å². The Labute approximate surface area is 98.8 Å². The molecule has 0 radical (unpaired) electrons. The minimum absolute atomic E-state index is 0.113. The van der Waals surface area contributed by atoms with Crippen molar-refractivity contribution in [2.75, 3.05) is 13.1 Å². The van der Waals surface area contributed by atoms with E-state index in [1.807, 2.05) is 0 Å². The van der Waals surface area contributed by atoms with Gasteiger partial charge in [-0.3, -0.25) is 9.59 Å². The van der Waals surface area contributed by atoms with Gasteiger partial charge in [-0.15, -0.1) is 0 Å². The first kappa shape index (κ1) is 11.6. The highest BCUT2D eigenvalue weighted by molar-refractivity contribution is 5.89. The van der Waals surface area contributed by atoms with Crippen molar-refractivity contribution in [3.8, 4) is 0 Å². The van der Waals surface area contributed by atoms with E-state index in [-0.39, 0.29) is 11.8 Å². The fourth-order valence-corrected chi connectivity index (χ4v) is 1.85. The smallest absolute Gasteiger partial charge is 0.247 e. The van der Waals surface area contributed by atoms with Crippen LogP contribution in [0.25, 0.3) is 0 Å². The molecule has 2 atom stereocenters. The van der Waals surface area contributed by atoms with Gasteiger partial charge in [0.1, 0.15) is 24.7 Å². The Kier molecular flexibility index (Phi) is 3.08. The first-order valence-corrected chi connectivity index (χ1v) is 5.53. The molecule has 0 aromatic carbocycles. The zero-order valence-electron chi connectivity index (χ0n) is 9.83. The van der Waals surface area contributed by atoms with Crippen molar-refractivity contribution in [3.05, 3.63) is 12.7 Å². The van der Waals surface area contributed by atoms with E-state index in [1.165, 1.54) is 17.3 Å². The monoisotopic (exact) mass is 237 g/mol. The summed E-state index contributed by atoms with van der Waals surface area (Å²) in [6.45, 7) is 4.50. The Bertz CT molecular complexity index is 416. The first-order chi connectivity index (χ1) is 8.11. The molecule has 0 saturated carbocycles. The van der Waals surface area contributed by atoms with Gasteiger partial charge in [-0.1, -0.05) is 0 Å². The zero-order chi connectivity index (χ0) is 12.4. The van der Waals surface area contributed by atoms with Crippen molar-refractivity contribution in [1.29, 1.82) is 0 Å². The summed E-state index contributed by atoms with van der Waals surface area (Å²) in [5, 5.41) is 6.66. The number of hydrogen-bond acceptors (Lipinski definition) is 4. The van der Waals surface area contributed by atoms with E-state index in [4.69, 9.17) is 0 Å². The molecule has 7 nitrogen and oxygen atoms in total. The predicted molar refractivity (Wildman–Crippen MR) is 58.9 cm³/mol. The zero-order valence-corrected chi connectivity index (χ0v) is 9.83. The Morgan fingerprint density at radius 3 is 3.06 bits per heavy atom. The molecule has 2 amide bonds. The Balaban J connectivity index is 2.11. The van der Waals surface area contributed by atoms with Crippen molar-refractivity contribution in [3.63, 3.8) is 0 Å². The summed E-state index contributed by atoms with van der Waals surface area (Å²) >= 11 is 0. The van der Waals surface area contributed by atoms with Crippen LogP contribution in [-0.4, -0.2) is 50.6 Å². The van der Waals surface area contributed by atoms with Crippen LogP contribution in [0.15, 0.2) is 12.7 Å². The summed E-state index contributed by atoms with van der Waals surface area (Å²) in [4.78, 5) is 29.1. The minimum atomic E-state index is -0.439. The van der Waals surface area contributed by atoms with Crippen LogP contribution >= 0.6 is 0 Å². The summed E-state index contributed by atoms with van der Waals surface area (Å²) in [5.41, 5.74) is 0. The molecular formula is C10H15N5O2. The summed E-state index contributed by atoms with van der Waals surface area (Å²) in [6.07, 6.45) is 2.88. The molecular weight excluding hydrogens is 222 g/mol. The van der Waals surface area contributed by atoms with Gasteiger partial charge in [-0.05, 0) is 13.8 Å². The van der Waals surface area contributed by atoms with Crippen LogP contribution in [0, 0.1) is 0 Å². The lowest BCUT2D eigenvalue weighted by Gasteiger charge is -2.34. The third-order valence-corrected chi connectivity index (χ3v) is 2.97. The van der Waals surface area contributed by atoms with Crippen molar-refractivity contribution in [1.82, 2.24) is 25.0 Å². The Morgan fingerprint density at radius 2 is 2.41 bits per heavy atom. The van der Waals surface area contributed by atoms with Crippen molar-refractivity contribution in [2.45, 2.75) is 25.9 Å². The van der Waals surface area contributed by atoms with Gasteiger partial charge in [0, 0.05) is 13.1 Å². The molecule has 1 aliphatic rings. The second-order valence-corrected chi connectivity index (χ2v) is 4.05. The quantitative estimate of drug-likeness (QED) is 0.729. The van der Waals surface area contributed by atoms with E-state index < -0.39 is 12.1 Å². The van der Waals surface area contributed by atoms with Gasteiger partial charge in [0.15, 0.2) is 0 Å². The Morgan fingerprint density at radius 1 is 1.65 bits per heavy atom. The maximum Gasteiger partial charge on any atom is 0.247 e. The van der Waals surface area contributed by atoms with E-state index in [9.17, 15) is 9.59 Å². The molecule has 1 N–H and O–H groups in total. The summed E-state index contributed by atoms with van der Waals surface area (Å²) < 4.78 is 1.49. The van der Waals surface area contributed by atoms with Gasteiger partial charge in [-0.25, -0.2) is 9.67 Å². The highest BCUT2D eigenvalue weighted by atomic mass is 16.2. The topological polar surface area (TPSA) is 80.1 Å². The number of amides is 2. The van der Waals surface area contributed by atoms with E-state index >= 15 is 0 Å². The van der Waals surface area contributed by atoms with Crippen molar-refractivity contribution in [2.24, 2.45) is 0 Å². The first-order valence-electron chi connectivity index (χ1n) is 5.53. The molecule has 1 fully saturated rings. The van der Waals surface area contributed by atoms with Gasteiger partial charge < -0.3 is 10.2 Å². The van der Waals surface area contributed by atoms with Gasteiger partial charge >= 0.3 is 0 Å². The lowest BCUT2D eigenvalue weighted by Crippen LogP contribution is -2.57. The third kappa shape index (κ3) is 2.13. The van der Waals surface area contributed by atoms with Gasteiger partial charge in [-0.2, -0.15) is 5.10 Å². The molecule has 0 aliphatic carbocycles. The number of hydrogen-bond donors (Lipinski definition) is 1. The van der Waals surface area contributed by atoms with Crippen LogP contribution in [0.4, 0.5) is 0 Å². The minimum Gasteiger partial charge on any atom is -0.353 e. The van der Waals surface area contributed by atoms with Gasteiger partial charge in [0.05, 0.1) is 0 Å². The molecule has 0 spiro atoms. The molecule has 17 heavy (non-hydrogen) atoms. The fourth-order valence-electron chi connectivity index (χ4n) is 1.85. The van der Waals surface area contributed by atoms with Crippen LogP contribution in [0.3, 0.4) is 0 Å². The number of rotatable bonds is 2. The molecule has 2 unspecified atom stereocenters. The molecule has 1 aromatic heterocycles. The summed E-state index contributed by atoms with van der Waals surface area (Å²) in [6, 6.07) is -0.868. The molecule has 1 aliphatic heterocycles. The van der Waals surface area contributed by atoms with E-state index in [0.717, 1.165) is 0 Å². The molecule has 2 rings (SSSR count). The second kappa shape index (κ2) is 4.52. The van der Waals surface area contributed by atoms with Gasteiger partial charge in [0.2, 0.25) is 11.8 Å². The predicted octanol–water partition coefficient (Wildman–Crippen LogP) is -0.814. The largest absolute Gasteiger partial charge is 0.353 e. The molecule has 0 bridgehead atoms. The van der Waals surface area contributed by atoms with E-state index in [1.54, 1.807) is 18.7 Å². The van der Waals surface area contributed by atoms with Gasteiger partial charge in [0.25, 0.3) is 0 Å². The van der Waals surface area contributed by atoms with Crippen LogP contribution in [0.2, 0.25) is 0 Å². The SMILES string of the molecule is CC1C(=O)NCCN1C(=O)C(C)n1cncn1.